The van der Waals surface area contributed by atoms with Gasteiger partial charge >= 0.3 is 0 Å². The number of benzene rings is 1. The van der Waals surface area contributed by atoms with Crippen LogP contribution < -0.4 is 5.32 Å². The number of rotatable bonds is 6. The van der Waals surface area contributed by atoms with Gasteiger partial charge in [0, 0.05) is 41.5 Å². The lowest BCUT2D eigenvalue weighted by Crippen LogP contribution is -2.28. The van der Waals surface area contributed by atoms with Crippen LogP contribution in [0.4, 0.5) is 10.2 Å². The van der Waals surface area contributed by atoms with E-state index in [1.807, 2.05) is 20.0 Å². The number of aryl methyl sites for hydroxylation is 2. The number of carbonyl (C=O) groups excluding carboxylic acids is 1. The molecule has 3 aromatic rings. The summed E-state index contributed by atoms with van der Waals surface area (Å²) in [4.78, 5) is 18.0. The molecule has 0 saturated heterocycles. The minimum absolute atomic E-state index is 0.0645. The molecule has 162 valence electrons. The second kappa shape index (κ2) is 8.68. The van der Waals surface area contributed by atoms with E-state index in [1.54, 1.807) is 10.7 Å². The van der Waals surface area contributed by atoms with Gasteiger partial charge in [-0.15, -0.1) is 0 Å². The smallest absolute Gasteiger partial charge is 0.269 e. The second-order valence-electron chi connectivity index (χ2n) is 7.03. The van der Waals surface area contributed by atoms with E-state index in [9.17, 15) is 9.18 Å². The number of aromatic nitrogens is 4. The fraction of sp³-hybridized carbons (Fsp3) is 0.300. The highest BCUT2D eigenvalue weighted by Crippen LogP contribution is 2.25. The van der Waals surface area contributed by atoms with Crippen LogP contribution in [0.3, 0.4) is 0 Å². The lowest BCUT2D eigenvalue weighted by atomic mass is 10.1. The van der Waals surface area contributed by atoms with E-state index >= 15 is 0 Å². The molecule has 0 bridgehead atoms. The largest absolute Gasteiger partial charge is 0.382 e. The first kappa shape index (κ1) is 21.3. The second-order valence-corrected chi connectivity index (χ2v) is 7.85. The molecule has 0 saturated carbocycles. The summed E-state index contributed by atoms with van der Waals surface area (Å²) in [6.07, 6.45) is 2.84. The minimum atomic E-state index is -0.818. The van der Waals surface area contributed by atoms with Gasteiger partial charge < -0.3 is 10.2 Å². The molecule has 0 fully saturated rings. The predicted octanol–water partition coefficient (Wildman–Crippen LogP) is 4.03. The number of halogens is 3. The van der Waals surface area contributed by atoms with Gasteiger partial charge in [0.05, 0.1) is 18.0 Å². The molecule has 1 N–H and O–H groups in total. The molecule has 1 aromatic carbocycles. The van der Waals surface area contributed by atoms with Gasteiger partial charge in [-0.2, -0.15) is 10.2 Å². The third-order valence-electron chi connectivity index (χ3n) is 4.88. The molecular formula is C20H19Cl2FN6O2. The number of nitrogens with one attached hydrogen (secondary N) is 1. The van der Waals surface area contributed by atoms with Crippen molar-refractivity contribution in [2.24, 2.45) is 5.16 Å². The number of anilines is 1. The Kier molecular flexibility index (Phi) is 5.97. The Morgan fingerprint density at radius 1 is 1.26 bits per heavy atom. The normalized spacial score (nSPS) is 15.6. The summed E-state index contributed by atoms with van der Waals surface area (Å²) in [6, 6.07) is 4.43. The topological polar surface area (TPSA) is 86.3 Å². The summed E-state index contributed by atoms with van der Waals surface area (Å²) >= 11 is 12.3. The van der Waals surface area contributed by atoms with E-state index < -0.39 is 17.8 Å². The summed E-state index contributed by atoms with van der Waals surface area (Å²) in [7, 11) is 0. The average Bonchev–Trinajstić information content (AvgIpc) is 3.44. The monoisotopic (exact) mass is 464 g/mol. The zero-order chi connectivity index (χ0) is 22.1. The molecular weight excluding hydrogens is 446 g/mol. The summed E-state index contributed by atoms with van der Waals surface area (Å²) in [5, 5.41) is 15.8. The summed E-state index contributed by atoms with van der Waals surface area (Å²) in [5.41, 5.74) is 2.60. The first-order chi connectivity index (χ1) is 14.9. The van der Waals surface area contributed by atoms with E-state index in [0.717, 1.165) is 17.8 Å². The van der Waals surface area contributed by atoms with Crippen molar-refractivity contribution in [3.05, 3.63) is 63.3 Å². The van der Waals surface area contributed by atoms with E-state index in [4.69, 9.17) is 28.0 Å². The number of hydrogen-bond acceptors (Lipinski definition) is 5. The van der Waals surface area contributed by atoms with Crippen LogP contribution in [0.1, 0.15) is 30.2 Å². The predicted molar refractivity (Wildman–Crippen MR) is 115 cm³/mol. The van der Waals surface area contributed by atoms with Crippen molar-refractivity contribution in [1.29, 1.82) is 0 Å². The molecule has 3 heterocycles. The maximum Gasteiger partial charge on any atom is 0.269 e. The van der Waals surface area contributed by atoms with Gasteiger partial charge in [0.15, 0.2) is 5.82 Å². The van der Waals surface area contributed by atoms with Crippen molar-refractivity contribution in [2.45, 2.75) is 39.5 Å². The fourth-order valence-electron chi connectivity index (χ4n) is 3.25. The fourth-order valence-corrected chi connectivity index (χ4v) is 3.67. The van der Waals surface area contributed by atoms with E-state index in [0.29, 0.717) is 12.1 Å². The molecule has 0 spiro atoms. The molecule has 1 unspecified atom stereocenters. The first-order valence-electron chi connectivity index (χ1n) is 9.59. The number of nitrogens with zero attached hydrogens (tertiary/aromatic N) is 5. The highest BCUT2D eigenvalue weighted by atomic mass is 35.5. The number of amides is 1. The van der Waals surface area contributed by atoms with Crippen molar-refractivity contribution >= 4 is 40.6 Å². The Morgan fingerprint density at radius 3 is 2.77 bits per heavy atom. The SMILES string of the molecule is CCn1cc(C2=NOC(C(=O)Nc3nn(Cc4c(F)cccc4Cl)cc3Cl)C2)c(C)n1. The molecule has 4 rings (SSSR count). The van der Waals surface area contributed by atoms with Crippen molar-refractivity contribution in [2.75, 3.05) is 5.32 Å². The van der Waals surface area contributed by atoms with E-state index in [1.165, 1.54) is 23.0 Å². The van der Waals surface area contributed by atoms with Gasteiger partial charge in [0.1, 0.15) is 10.8 Å². The maximum absolute atomic E-state index is 14.0. The first-order valence-corrected chi connectivity index (χ1v) is 10.3. The van der Waals surface area contributed by atoms with Crippen LogP contribution >= 0.6 is 23.2 Å². The third-order valence-corrected chi connectivity index (χ3v) is 5.51. The molecule has 1 aliphatic rings. The lowest BCUT2D eigenvalue weighted by Gasteiger charge is -2.08. The molecule has 1 amide bonds. The molecule has 0 aliphatic carbocycles. The van der Waals surface area contributed by atoms with Crippen molar-refractivity contribution in [3.8, 4) is 0 Å². The Labute approximate surface area is 187 Å². The quantitative estimate of drug-likeness (QED) is 0.596. The number of carbonyl (C=O) groups is 1. The van der Waals surface area contributed by atoms with Crippen molar-refractivity contribution in [3.63, 3.8) is 0 Å². The van der Waals surface area contributed by atoms with Crippen molar-refractivity contribution in [1.82, 2.24) is 19.6 Å². The maximum atomic E-state index is 14.0. The van der Waals surface area contributed by atoms with Gasteiger partial charge in [-0.3, -0.25) is 14.2 Å². The number of hydrogen-bond donors (Lipinski definition) is 1. The Bertz CT molecular complexity index is 1150. The van der Waals surface area contributed by atoms with Gasteiger partial charge in [-0.25, -0.2) is 4.39 Å². The highest BCUT2D eigenvalue weighted by molar-refractivity contribution is 6.33. The molecule has 0 radical (unpaired) electrons. The van der Waals surface area contributed by atoms with Gasteiger partial charge in [-0.05, 0) is 26.0 Å². The number of oxime groups is 1. The molecule has 1 aliphatic heterocycles. The standard InChI is InChI=1S/C20H19Cl2FN6O2/c1-3-28-8-12(11(2)25-28)17-7-18(31-27-17)20(30)24-19-15(22)10-29(26-19)9-13-14(21)5-4-6-16(13)23/h4-6,8,10,18H,3,7,9H2,1-2H3,(H,24,26,30). The van der Waals surface area contributed by atoms with E-state index in [2.05, 4.69) is 20.7 Å². The van der Waals surface area contributed by atoms with Crippen LogP contribution in [-0.2, 0) is 22.7 Å². The Morgan fingerprint density at radius 2 is 2.06 bits per heavy atom. The van der Waals surface area contributed by atoms with Crippen molar-refractivity contribution < 1.29 is 14.0 Å². The molecule has 1 atom stereocenters. The van der Waals surface area contributed by atoms with Crippen LogP contribution in [0.25, 0.3) is 0 Å². The van der Waals surface area contributed by atoms with Crippen LogP contribution in [0, 0.1) is 12.7 Å². The van der Waals surface area contributed by atoms with E-state index in [-0.39, 0.29) is 28.0 Å². The zero-order valence-corrected chi connectivity index (χ0v) is 18.3. The molecule has 31 heavy (non-hydrogen) atoms. The lowest BCUT2D eigenvalue weighted by molar-refractivity contribution is -0.125. The van der Waals surface area contributed by atoms with Gasteiger partial charge in [0.25, 0.3) is 5.91 Å². The summed E-state index contributed by atoms with van der Waals surface area (Å²) in [6.45, 7) is 4.67. The minimum Gasteiger partial charge on any atom is -0.382 e. The van der Waals surface area contributed by atoms with Crippen LogP contribution in [-0.4, -0.2) is 37.3 Å². The highest BCUT2D eigenvalue weighted by Gasteiger charge is 2.31. The zero-order valence-electron chi connectivity index (χ0n) is 16.8. The van der Waals surface area contributed by atoms with Crippen LogP contribution in [0.5, 0.6) is 0 Å². The summed E-state index contributed by atoms with van der Waals surface area (Å²) in [5.74, 6) is -0.739. The van der Waals surface area contributed by atoms with Crippen LogP contribution in [0.15, 0.2) is 35.7 Å². The Balaban J connectivity index is 1.42. The van der Waals surface area contributed by atoms with Gasteiger partial charge in [-0.1, -0.05) is 34.4 Å². The Hall–Kier alpha value is -2.91. The summed E-state index contributed by atoms with van der Waals surface area (Å²) < 4.78 is 17.2. The average molecular weight is 465 g/mol. The van der Waals surface area contributed by atoms with Crippen LogP contribution in [0.2, 0.25) is 10.0 Å². The third kappa shape index (κ3) is 4.42. The molecule has 11 heteroatoms. The van der Waals surface area contributed by atoms with Gasteiger partial charge in [0.2, 0.25) is 6.10 Å². The molecule has 2 aromatic heterocycles. The molecule has 8 nitrogen and oxygen atoms in total.